The summed E-state index contributed by atoms with van der Waals surface area (Å²) in [5, 5.41) is 3.17. The van der Waals surface area contributed by atoms with E-state index in [4.69, 9.17) is 16.0 Å². The Hall–Kier alpha value is -1.53. The van der Waals surface area contributed by atoms with E-state index >= 15 is 0 Å². The van der Waals surface area contributed by atoms with E-state index in [1.165, 1.54) is 22.1 Å². The van der Waals surface area contributed by atoms with E-state index in [1.54, 1.807) is 14.1 Å². The maximum atomic E-state index is 12.4. The van der Waals surface area contributed by atoms with Gasteiger partial charge in [-0.3, -0.25) is 9.59 Å². The van der Waals surface area contributed by atoms with Crippen molar-refractivity contribution < 1.29 is 14.0 Å². The van der Waals surface area contributed by atoms with Crippen LogP contribution in [0.25, 0.3) is 0 Å². The number of furan rings is 1. The Kier molecular flexibility index (Phi) is 4.11. The maximum Gasteiger partial charge on any atom is 0.259 e. The molecule has 6 nitrogen and oxygen atoms in total. The second-order valence-corrected chi connectivity index (χ2v) is 4.90. The van der Waals surface area contributed by atoms with Gasteiger partial charge in [-0.15, -0.1) is 0 Å². The molecule has 2 amide bonds. The van der Waals surface area contributed by atoms with Crippen LogP contribution >= 0.6 is 11.6 Å². The minimum absolute atomic E-state index is 0.0552. The number of nitrogens with one attached hydrogen (secondary N) is 1. The fourth-order valence-corrected chi connectivity index (χ4v) is 2.26. The van der Waals surface area contributed by atoms with Gasteiger partial charge in [0.25, 0.3) is 5.91 Å². The normalized spacial score (nSPS) is 19.3. The Bertz CT molecular complexity index is 486. The molecule has 1 fully saturated rings. The zero-order chi connectivity index (χ0) is 14.0. The van der Waals surface area contributed by atoms with Gasteiger partial charge in [0.2, 0.25) is 11.1 Å². The molecule has 0 aromatic carbocycles. The Morgan fingerprint density at radius 3 is 2.84 bits per heavy atom. The highest BCUT2D eigenvalue weighted by Crippen LogP contribution is 2.20. The number of halogens is 1. The van der Waals surface area contributed by atoms with Gasteiger partial charge in [-0.25, -0.2) is 0 Å². The first-order valence-electron chi connectivity index (χ1n) is 5.98. The lowest BCUT2D eigenvalue weighted by molar-refractivity contribution is -0.134. The first-order chi connectivity index (χ1) is 9.02. The predicted molar refractivity (Wildman–Crippen MR) is 70.1 cm³/mol. The fourth-order valence-electron chi connectivity index (χ4n) is 2.07. The summed E-state index contributed by atoms with van der Waals surface area (Å²) in [5.74, 6) is -0.388. The van der Waals surface area contributed by atoms with Crippen LogP contribution < -0.4 is 5.32 Å². The number of piperazine rings is 1. The first-order valence-corrected chi connectivity index (χ1v) is 6.36. The Morgan fingerprint density at radius 1 is 1.53 bits per heavy atom. The molecule has 0 radical (unpaired) electrons. The van der Waals surface area contributed by atoms with Gasteiger partial charge < -0.3 is 19.5 Å². The summed E-state index contributed by atoms with van der Waals surface area (Å²) >= 11 is 5.82. The number of hydrogen-bond donors (Lipinski definition) is 1. The molecule has 1 saturated heterocycles. The molecule has 1 atom stereocenters. The van der Waals surface area contributed by atoms with E-state index < -0.39 is 6.04 Å². The molecule has 0 bridgehead atoms. The van der Waals surface area contributed by atoms with Crippen molar-refractivity contribution in [3.63, 3.8) is 0 Å². The second-order valence-electron chi connectivity index (χ2n) is 4.56. The van der Waals surface area contributed by atoms with Gasteiger partial charge in [-0.05, 0) is 17.7 Å². The van der Waals surface area contributed by atoms with Crippen molar-refractivity contribution in [3.8, 4) is 0 Å². The molecule has 2 rings (SSSR count). The highest BCUT2D eigenvalue weighted by Gasteiger charge is 2.34. The van der Waals surface area contributed by atoms with E-state index in [9.17, 15) is 9.59 Å². The van der Waals surface area contributed by atoms with Crippen LogP contribution in [-0.4, -0.2) is 61.4 Å². The van der Waals surface area contributed by atoms with Crippen LogP contribution in [0.15, 0.2) is 16.7 Å². The van der Waals surface area contributed by atoms with Gasteiger partial charge in [-0.2, -0.15) is 0 Å². The molecule has 1 aromatic rings. The highest BCUT2D eigenvalue weighted by atomic mass is 35.5. The third-order valence-corrected chi connectivity index (χ3v) is 3.37. The summed E-state index contributed by atoms with van der Waals surface area (Å²) in [6.07, 6.45) is 1.36. The van der Waals surface area contributed by atoms with Gasteiger partial charge in [-0.1, -0.05) is 0 Å². The average molecular weight is 286 g/mol. The van der Waals surface area contributed by atoms with E-state index in [-0.39, 0.29) is 17.0 Å². The number of carbonyl (C=O) groups excluding carboxylic acids is 2. The molecule has 2 heterocycles. The van der Waals surface area contributed by atoms with Crippen molar-refractivity contribution in [2.45, 2.75) is 6.04 Å². The lowest BCUT2D eigenvalue weighted by Crippen LogP contribution is -2.59. The molecule has 1 aliphatic heterocycles. The predicted octanol–water partition coefficient (Wildman–Crippen LogP) is 0.435. The van der Waals surface area contributed by atoms with Crippen molar-refractivity contribution in [1.82, 2.24) is 15.1 Å². The molecular weight excluding hydrogens is 270 g/mol. The van der Waals surface area contributed by atoms with Crippen molar-refractivity contribution >= 4 is 23.4 Å². The van der Waals surface area contributed by atoms with Crippen molar-refractivity contribution in [2.75, 3.05) is 33.7 Å². The zero-order valence-electron chi connectivity index (χ0n) is 10.9. The average Bonchev–Trinajstić information content (AvgIpc) is 2.83. The number of amides is 2. The number of hydrogen-bond acceptors (Lipinski definition) is 4. The smallest absolute Gasteiger partial charge is 0.259 e. The number of likely N-dealkylation sites (N-methyl/N-ethyl adjacent to an activating group) is 1. The van der Waals surface area contributed by atoms with Crippen molar-refractivity contribution in [3.05, 3.63) is 23.1 Å². The molecule has 0 aliphatic carbocycles. The summed E-state index contributed by atoms with van der Waals surface area (Å²) in [5.41, 5.74) is 0.292. The van der Waals surface area contributed by atoms with E-state index in [0.29, 0.717) is 25.2 Å². The van der Waals surface area contributed by atoms with Crippen LogP contribution in [0.4, 0.5) is 0 Å². The van der Waals surface area contributed by atoms with Crippen LogP contribution in [0.2, 0.25) is 5.22 Å². The zero-order valence-corrected chi connectivity index (χ0v) is 11.6. The molecule has 19 heavy (non-hydrogen) atoms. The molecular formula is C12H16ClN3O3. The quantitative estimate of drug-likeness (QED) is 0.856. The maximum absolute atomic E-state index is 12.4. The minimum atomic E-state index is -0.512. The van der Waals surface area contributed by atoms with Gasteiger partial charge in [0.05, 0.1) is 11.8 Å². The fraction of sp³-hybridized carbons (Fsp3) is 0.500. The lowest BCUT2D eigenvalue weighted by Gasteiger charge is -2.36. The third kappa shape index (κ3) is 2.74. The van der Waals surface area contributed by atoms with E-state index in [0.717, 1.165) is 0 Å². The summed E-state index contributed by atoms with van der Waals surface area (Å²) in [6.45, 7) is 1.56. The van der Waals surface area contributed by atoms with Gasteiger partial charge in [0.1, 0.15) is 6.04 Å². The van der Waals surface area contributed by atoms with E-state index in [2.05, 4.69) is 5.32 Å². The standard InChI is InChI=1S/C12H16ClN3O3/c1-15(2)12(18)9-7-14-4-5-16(9)11(17)8-3-6-19-10(8)13/h3,6,9,14H,4-5,7H2,1-2H3. The highest BCUT2D eigenvalue weighted by molar-refractivity contribution is 6.32. The topological polar surface area (TPSA) is 65.8 Å². The first kappa shape index (κ1) is 13.9. The molecule has 1 aromatic heterocycles. The molecule has 7 heteroatoms. The van der Waals surface area contributed by atoms with Gasteiger partial charge in [0.15, 0.2) is 0 Å². The summed E-state index contributed by atoms with van der Waals surface area (Å²) < 4.78 is 4.93. The van der Waals surface area contributed by atoms with E-state index in [1.807, 2.05) is 0 Å². The van der Waals surface area contributed by atoms with Crippen LogP contribution in [0.3, 0.4) is 0 Å². The minimum Gasteiger partial charge on any atom is -0.452 e. The molecule has 0 spiro atoms. The molecule has 1 unspecified atom stereocenters. The summed E-state index contributed by atoms with van der Waals surface area (Å²) in [7, 11) is 3.34. The van der Waals surface area contributed by atoms with Crippen LogP contribution in [-0.2, 0) is 4.79 Å². The molecule has 1 aliphatic rings. The third-order valence-electron chi connectivity index (χ3n) is 3.08. The number of carbonyl (C=O) groups is 2. The largest absolute Gasteiger partial charge is 0.452 e. The molecule has 104 valence electrons. The molecule has 1 N–H and O–H groups in total. The lowest BCUT2D eigenvalue weighted by atomic mass is 10.1. The van der Waals surface area contributed by atoms with Crippen molar-refractivity contribution in [1.29, 1.82) is 0 Å². The Morgan fingerprint density at radius 2 is 2.26 bits per heavy atom. The molecule has 0 saturated carbocycles. The number of rotatable bonds is 2. The van der Waals surface area contributed by atoms with Gasteiger partial charge >= 0.3 is 0 Å². The summed E-state index contributed by atoms with van der Waals surface area (Å²) in [4.78, 5) is 27.5. The summed E-state index contributed by atoms with van der Waals surface area (Å²) in [6, 6.07) is 1.01. The number of nitrogens with zero attached hydrogens (tertiary/aromatic N) is 2. The van der Waals surface area contributed by atoms with Crippen LogP contribution in [0.5, 0.6) is 0 Å². The second kappa shape index (κ2) is 5.63. The SMILES string of the molecule is CN(C)C(=O)C1CNCCN1C(=O)c1ccoc1Cl. The van der Waals surface area contributed by atoms with Gasteiger partial charge in [0, 0.05) is 33.7 Å². The van der Waals surface area contributed by atoms with Crippen molar-refractivity contribution in [2.24, 2.45) is 0 Å². The Labute approximate surface area is 116 Å². The Balaban J connectivity index is 2.23. The van der Waals surface area contributed by atoms with Crippen LogP contribution in [0.1, 0.15) is 10.4 Å². The monoisotopic (exact) mass is 285 g/mol. The van der Waals surface area contributed by atoms with Crippen LogP contribution in [0, 0.1) is 0 Å².